The molecule has 0 bridgehead atoms. The fourth-order valence-corrected chi connectivity index (χ4v) is 3.99. The second-order valence-electron chi connectivity index (χ2n) is 6.67. The summed E-state index contributed by atoms with van der Waals surface area (Å²) in [6.07, 6.45) is 2.31. The van der Waals surface area contributed by atoms with Crippen LogP contribution in [0.25, 0.3) is 10.9 Å². The number of halogens is 2. The third-order valence-corrected chi connectivity index (χ3v) is 5.55. The Bertz CT molecular complexity index is 1020. The number of nitrogens with zero attached hydrogens (tertiary/aromatic N) is 2. The molecular weight excluding hydrogens is 449 g/mol. The standard InChI is InChI=1S/C21H18BrClN3O.Na.H/c1-13-19(21(27)24-16-7-5-15(23)6-8-16)17-12-14(22)4-9-18(17)25-20(13)26-10-2-3-11-26;;/h4-7,9,12H,2-3,10-11H2,1H3,(H,24,27);;. The maximum absolute atomic E-state index is 13.2. The van der Waals surface area contributed by atoms with Gasteiger partial charge in [0.2, 0.25) is 0 Å². The Morgan fingerprint density at radius 3 is 2.68 bits per heavy atom. The molecule has 1 amide bonds. The van der Waals surface area contributed by atoms with Crippen molar-refractivity contribution in [3.05, 3.63) is 63.1 Å². The van der Waals surface area contributed by atoms with Gasteiger partial charge in [0.15, 0.2) is 0 Å². The summed E-state index contributed by atoms with van der Waals surface area (Å²) in [5.41, 5.74) is 2.95. The van der Waals surface area contributed by atoms with Crippen LogP contribution in [-0.4, -0.2) is 53.5 Å². The molecule has 4 rings (SSSR count). The summed E-state index contributed by atoms with van der Waals surface area (Å²) in [5, 5.41) is 4.35. The predicted octanol–water partition coefficient (Wildman–Crippen LogP) is 4.96. The number of hydrogen-bond acceptors (Lipinski definition) is 3. The number of benzene rings is 2. The molecule has 4 nitrogen and oxygen atoms in total. The summed E-state index contributed by atoms with van der Waals surface area (Å²) in [4.78, 5) is 20.3. The second kappa shape index (κ2) is 9.14. The fraction of sp³-hybridized carbons (Fsp3) is 0.238. The summed E-state index contributed by atoms with van der Waals surface area (Å²) in [6, 6.07) is 14.0. The van der Waals surface area contributed by atoms with Gasteiger partial charge in [-0.1, -0.05) is 27.5 Å². The Kier molecular flexibility index (Phi) is 7.05. The van der Waals surface area contributed by atoms with E-state index in [4.69, 9.17) is 16.6 Å². The van der Waals surface area contributed by atoms with Crippen molar-refractivity contribution < 1.29 is 4.79 Å². The number of carbonyl (C=O) groups excluding carboxylic acids is 1. The molecule has 1 aliphatic rings. The van der Waals surface area contributed by atoms with Crippen LogP contribution in [0.15, 0.2) is 40.9 Å². The third kappa shape index (κ3) is 4.39. The summed E-state index contributed by atoms with van der Waals surface area (Å²) in [7, 11) is 0. The average molecular weight is 468 g/mol. The zero-order chi connectivity index (χ0) is 19.0. The Balaban J connectivity index is 0.00000225. The number of aromatic nitrogens is 1. The number of hydrogen-bond donors (Lipinski definition) is 1. The molecule has 1 radical (unpaired) electrons. The number of carbonyl (C=O) groups is 1. The van der Waals surface area contributed by atoms with Crippen molar-refractivity contribution in [2.24, 2.45) is 0 Å². The molecule has 0 atom stereocenters. The van der Waals surface area contributed by atoms with Gasteiger partial charge >= 0.3 is 29.6 Å². The van der Waals surface area contributed by atoms with Gasteiger partial charge in [0.1, 0.15) is 5.82 Å². The van der Waals surface area contributed by atoms with Crippen LogP contribution in [0.5, 0.6) is 0 Å². The summed E-state index contributed by atoms with van der Waals surface area (Å²) < 4.78 is 0.914. The summed E-state index contributed by atoms with van der Waals surface area (Å²) in [5.74, 6) is 0.726. The van der Waals surface area contributed by atoms with Crippen molar-refractivity contribution >= 4 is 85.4 Å². The van der Waals surface area contributed by atoms with E-state index < -0.39 is 0 Å². The Labute approximate surface area is 200 Å². The average Bonchev–Trinajstić information content (AvgIpc) is 3.17. The molecule has 2 aromatic carbocycles. The van der Waals surface area contributed by atoms with Crippen LogP contribution in [0.4, 0.5) is 11.5 Å². The predicted molar refractivity (Wildman–Crippen MR) is 121 cm³/mol. The normalized spacial score (nSPS) is 13.5. The van der Waals surface area contributed by atoms with E-state index in [0.29, 0.717) is 16.3 Å². The van der Waals surface area contributed by atoms with Gasteiger partial charge < -0.3 is 10.2 Å². The van der Waals surface area contributed by atoms with E-state index in [9.17, 15) is 4.79 Å². The van der Waals surface area contributed by atoms with Crippen LogP contribution >= 0.6 is 27.5 Å². The first-order chi connectivity index (χ1) is 13.0. The first-order valence-electron chi connectivity index (χ1n) is 8.86. The van der Waals surface area contributed by atoms with Crippen molar-refractivity contribution in [3.63, 3.8) is 0 Å². The van der Waals surface area contributed by atoms with Crippen molar-refractivity contribution in [3.8, 4) is 0 Å². The number of anilines is 2. The quantitative estimate of drug-likeness (QED) is 0.554. The first kappa shape index (κ1) is 21.6. The molecule has 2 heterocycles. The molecule has 1 aromatic heterocycles. The SMILES string of the molecule is Cc1c(N2CCCC2)nc2ccc(Br)cc2c1C(=O)Nc1[c]cc(Cl)cc1.[NaH]. The van der Waals surface area contributed by atoms with Gasteiger partial charge in [-0.05, 0) is 56.2 Å². The molecule has 1 aliphatic heterocycles. The molecule has 1 N–H and O–H groups in total. The molecule has 0 aliphatic carbocycles. The van der Waals surface area contributed by atoms with E-state index in [0.717, 1.165) is 52.7 Å². The van der Waals surface area contributed by atoms with Crippen LogP contribution in [0.1, 0.15) is 28.8 Å². The van der Waals surface area contributed by atoms with Gasteiger partial charge in [0.05, 0.1) is 11.1 Å². The maximum atomic E-state index is 13.2. The fourth-order valence-electron chi connectivity index (χ4n) is 3.52. The van der Waals surface area contributed by atoms with Crippen LogP contribution in [0.3, 0.4) is 0 Å². The van der Waals surface area contributed by atoms with Gasteiger partial charge in [-0.15, -0.1) is 0 Å². The van der Waals surface area contributed by atoms with Gasteiger partial charge in [-0.25, -0.2) is 4.98 Å². The van der Waals surface area contributed by atoms with E-state index in [1.807, 2.05) is 25.1 Å². The molecular formula is C21H19BrClN3NaO. The number of pyridine rings is 1. The molecule has 1 fully saturated rings. The Morgan fingerprint density at radius 1 is 1.25 bits per heavy atom. The zero-order valence-electron chi connectivity index (χ0n) is 14.9. The van der Waals surface area contributed by atoms with Crippen molar-refractivity contribution in [1.29, 1.82) is 0 Å². The third-order valence-electron chi connectivity index (χ3n) is 4.82. The van der Waals surface area contributed by atoms with E-state index in [1.54, 1.807) is 18.2 Å². The molecule has 28 heavy (non-hydrogen) atoms. The number of rotatable bonds is 3. The van der Waals surface area contributed by atoms with Crippen LogP contribution in [-0.2, 0) is 0 Å². The zero-order valence-corrected chi connectivity index (χ0v) is 17.2. The first-order valence-corrected chi connectivity index (χ1v) is 10.0. The molecule has 0 saturated carbocycles. The number of amides is 1. The van der Waals surface area contributed by atoms with Gasteiger partial charge in [-0.2, -0.15) is 0 Å². The molecule has 0 unspecified atom stereocenters. The molecule has 1 saturated heterocycles. The summed E-state index contributed by atoms with van der Waals surface area (Å²) >= 11 is 9.43. The van der Waals surface area contributed by atoms with E-state index in [1.165, 1.54) is 0 Å². The number of nitrogens with one attached hydrogen (secondary N) is 1. The second-order valence-corrected chi connectivity index (χ2v) is 8.02. The molecule has 3 aromatic rings. The van der Waals surface area contributed by atoms with E-state index >= 15 is 0 Å². The van der Waals surface area contributed by atoms with Crippen molar-refractivity contribution in [1.82, 2.24) is 4.98 Å². The van der Waals surface area contributed by atoms with Gasteiger partial charge in [-0.3, -0.25) is 4.79 Å². The van der Waals surface area contributed by atoms with E-state index in [2.05, 4.69) is 32.2 Å². The van der Waals surface area contributed by atoms with Crippen molar-refractivity contribution in [2.45, 2.75) is 19.8 Å². The molecule has 0 spiro atoms. The Hall–Kier alpha value is -1.11. The van der Waals surface area contributed by atoms with Crippen LogP contribution in [0, 0.1) is 13.0 Å². The minimum absolute atomic E-state index is 0. The number of fused-ring (bicyclic) bond motifs is 1. The minimum atomic E-state index is -0.169. The Morgan fingerprint density at radius 2 is 2.00 bits per heavy atom. The van der Waals surface area contributed by atoms with Crippen LogP contribution < -0.4 is 10.2 Å². The molecule has 139 valence electrons. The summed E-state index contributed by atoms with van der Waals surface area (Å²) in [6.45, 7) is 3.92. The van der Waals surface area contributed by atoms with Gasteiger partial charge in [0.25, 0.3) is 5.91 Å². The van der Waals surface area contributed by atoms with Crippen LogP contribution in [0.2, 0.25) is 5.02 Å². The van der Waals surface area contributed by atoms with E-state index in [-0.39, 0.29) is 35.5 Å². The van der Waals surface area contributed by atoms with Gasteiger partial charge in [0, 0.05) is 45.3 Å². The monoisotopic (exact) mass is 466 g/mol. The topological polar surface area (TPSA) is 45.2 Å². The van der Waals surface area contributed by atoms with Crippen molar-refractivity contribution in [2.75, 3.05) is 23.3 Å². The molecule has 7 heteroatoms.